The van der Waals surface area contributed by atoms with Gasteiger partial charge in [0.05, 0.1) is 23.1 Å². The van der Waals surface area contributed by atoms with Crippen molar-refractivity contribution in [2.24, 2.45) is 17.8 Å². The summed E-state index contributed by atoms with van der Waals surface area (Å²) in [5.74, 6) is -2.05. The summed E-state index contributed by atoms with van der Waals surface area (Å²) in [5, 5.41) is 0. The molecule has 1 aliphatic heterocycles. The Morgan fingerprint density at radius 1 is 0.833 bits per heavy atom. The fraction of sp³-hybridized carbons (Fsp3) is 0.200. The summed E-state index contributed by atoms with van der Waals surface area (Å²) in [6.07, 6.45) is 4.50. The lowest BCUT2D eigenvalue weighted by atomic mass is 9.78. The van der Waals surface area contributed by atoms with E-state index < -0.39 is 5.97 Å². The minimum absolute atomic E-state index is 0.00605. The summed E-state index contributed by atoms with van der Waals surface area (Å²) in [6.45, 7) is 1.56. The first-order valence-electron chi connectivity index (χ1n) is 11.9. The predicted octanol–water partition coefficient (Wildman–Crippen LogP) is 5.09. The van der Waals surface area contributed by atoms with Gasteiger partial charge in [0.1, 0.15) is 0 Å². The number of carbonyl (C=O) groups excluding carboxylic acids is 4. The van der Waals surface area contributed by atoms with Gasteiger partial charge < -0.3 is 4.74 Å². The van der Waals surface area contributed by atoms with Crippen molar-refractivity contribution >= 4 is 29.3 Å². The topological polar surface area (TPSA) is 80.8 Å². The van der Waals surface area contributed by atoms with Crippen LogP contribution in [0, 0.1) is 17.8 Å². The van der Waals surface area contributed by atoms with Gasteiger partial charge in [-0.25, -0.2) is 4.79 Å². The Labute approximate surface area is 209 Å². The van der Waals surface area contributed by atoms with Crippen LogP contribution < -0.4 is 4.90 Å². The van der Waals surface area contributed by atoms with E-state index in [4.69, 9.17) is 4.74 Å². The lowest BCUT2D eigenvalue weighted by molar-refractivity contribution is -0.122. The maximum absolute atomic E-state index is 12.9. The lowest BCUT2D eigenvalue weighted by Gasteiger charge is -2.22. The SMILES string of the molecule is C[C@H]1C=CC[C@H]2C(=O)N(c3ccc(C(=O)OCC(=O)c4ccc(-c5ccccc5)cc4)cc3)C(=O)[C@H]12. The zero-order valence-electron chi connectivity index (χ0n) is 19.8. The molecule has 0 spiro atoms. The number of ketones is 1. The largest absolute Gasteiger partial charge is 0.454 e. The number of fused-ring (bicyclic) bond motifs is 1. The standard InChI is InChI=1S/C30H25NO5/c1-19-6-5-9-25-27(19)29(34)31(28(25)33)24-16-14-23(15-17-24)30(35)36-18-26(32)22-12-10-21(11-13-22)20-7-3-2-4-8-20/h2-8,10-17,19,25,27H,9,18H2,1H3/t19-,25+,27+/m0/s1. The van der Waals surface area contributed by atoms with Gasteiger partial charge in [-0.1, -0.05) is 73.7 Å². The van der Waals surface area contributed by atoms with Crippen molar-refractivity contribution < 1.29 is 23.9 Å². The average molecular weight is 480 g/mol. The summed E-state index contributed by atoms with van der Waals surface area (Å²) in [4.78, 5) is 52.0. The van der Waals surface area contributed by atoms with Gasteiger partial charge >= 0.3 is 5.97 Å². The molecular weight excluding hydrogens is 454 g/mol. The molecule has 2 amide bonds. The smallest absolute Gasteiger partial charge is 0.338 e. The molecule has 36 heavy (non-hydrogen) atoms. The van der Waals surface area contributed by atoms with Crippen molar-refractivity contribution in [3.63, 3.8) is 0 Å². The highest BCUT2D eigenvalue weighted by molar-refractivity contribution is 6.22. The first-order chi connectivity index (χ1) is 17.4. The molecule has 1 aliphatic carbocycles. The third kappa shape index (κ3) is 4.38. The van der Waals surface area contributed by atoms with Crippen LogP contribution in [-0.4, -0.2) is 30.2 Å². The van der Waals surface area contributed by atoms with Crippen molar-refractivity contribution in [3.8, 4) is 11.1 Å². The average Bonchev–Trinajstić information content (AvgIpc) is 3.18. The summed E-state index contributed by atoms with van der Waals surface area (Å²) >= 11 is 0. The molecule has 3 aromatic rings. The summed E-state index contributed by atoms with van der Waals surface area (Å²) in [6, 6.07) is 23.1. The summed E-state index contributed by atoms with van der Waals surface area (Å²) in [7, 11) is 0. The van der Waals surface area contributed by atoms with E-state index in [0.29, 0.717) is 17.7 Å². The number of benzene rings is 3. The Morgan fingerprint density at radius 2 is 1.47 bits per heavy atom. The maximum atomic E-state index is 12.9. The van der Waals surface area contributed by atoms with E-state index >= 15 is 0 Å². The molecule has 0 bridgehead atoms. The maximum Gasteiger partial charge on any atom is 0.338 e. The second-order valence-electron chi connectivity index (χ2n) is 9.16. The van der Waals surface area contributed by atoms with Gasteiger partial charge in [-0.15, -0.1) is 0 Å². The number of Topliss-reactive ketones (excluding diaryl/α,β-unsaturated/α-hetero) is 1. The molecule has 2 aliphatic rings. The molecule has 0 unspecified atom stereocenters. The Morgan fingerprint density at radius 3 is 2.14 bits per heavy atom. The van der Waals surface area contributed by atoms with E-state index in [2.05, 4.69) is 0 Å². The van der Waals surface area contributed by atoms with Gasteiger partial charge in [0.2, 0.25) is 11.8 Å². The van der Waals surface area contributed by atoms with E-state index in [-0.39, 0.29) is 47.5 Å². The van der Waals surface area contributed by atoms with E-state index in [0.717, 1.165) is 11.1 Å². The molecule has 180 valence electrons. The van der Waals surface area contributed by atoms with Crippen LogP contribution in [0.1, 0.15) is 34.1 Å². The van der Waals surface area contributed by atoms with Crippen LogP contribution in [0.15, 0.2) is 91.0 Å². The molecule has 6 nitrogen and oxygen atoms in total. The van der Waals surface area contributed by atoms with Gasteiger partial charge in [0.15, 0.2) is 12.4 Å². The third-order valence-corrected chi connectivity index (χ3v) is 6.88. The Bertz CT molecular complexity index is 1340. The molecule has 5 rings (SSSR count). The molecule has 1 fully saturated rings. The number of anilines is 1. The highest BCUT2D eigenvalue weighted by Crippen LogP contribution is 2.40. The van der Waals surface area contributed by atoms with Crippen molar-refractivity contribution in [3.05, 3.63) is 102 Å². The number of ether oxygens (including phenoxy) is 1. The number of nitrogens with zero attached hydrogens (tertiary/aromatic N) is 1. The van der Waals surface area contributed by atoms with Gasteiger partial charge in [-0.3, -0.25) is 19.3 Å². The molecule has 1 heterocycles. The Balaban J connectivity index is 1.20. The predicted molar refractivity (Wildman–Crippen MR) is 135 cm³/mol. The first-order valence-corrected chi connectivity index (χ1v) is 11.9. The number of rotatable bonds is 6. The molecule has 6 heteroatoms. The van der Waals surface area contributed by atoms with Crippen molar-refractivity contribution in [2.45, 2.75) is 13.3 Å². The van der Waals surface area contributed by atoms with Crippen molar-refractivity contribution in [2.75, 3.05) is 11.5 Å². The van der Waals surface area contributed by atoms with Crippen LogP contribution >= 0.6 is 0 Å². The number of esters is 1. The Kier molecular flexibility index (Phi) is 6.34. The second-order valence-corrected chi connectivity index (χ2v) is 9.16. The highest BCUT2D eigenvalue weighted by atomic mass is 16.5. The van der Waals surface area contributed by atoms with E-state index in [1.807, 2.05) is 61.5 Å². The Hall–Kier alpha value is -4.32. The van der Waals surface area contributed by atoms with E-state index in [1.165, 1.54) is 17.0 Å². The van der Waals surface area contributed by atoms with Crippen LogP contribution in [0.5, 0.6) is 0 Å². The van der Waals surface area contributed by atoms with Gasteiger partial charge in [-0.05, 0) is 47.7 Å². The van der Waals surface area contributed by atoms with Crippen LogP contribution in [0.3, 0.4) is 0 Å². The first kappa shape index (κ1) is 23.4. The fourth-order valence-electron chi connectivity index (χ4n) is 4.93. The highest BCUT2D eigenvalue weighted by Gasteiger charge is 2.50. The molecule has 0 radical (unpaired) electrons. The number of hydrogen-bond donors (Lipinski definition) is 0. The zero-order chi connectivity index (χ0) is 25.2. The van der Waals surface area contributed by atoms with Crippen LogP contribution in [0.25, 0.3) is 11.1 Å². The molecule has 3 atom stereocenters. The van der Waals surface area contributed by atoms with E-state index in [9.17, 15) is 19.2 Å². The summed E-state index contributed by atoms with van der Waals surface area (Å²) in [5.41, 5.74) is 3.15. The molecule has 0 N–H and O–H groups in total. The molecule has 0 saturated carbocycles. The second kappa shape index (κ2) is 9.74. The normalized spacial score (nSPS) is 20.8. The van der Waals surface area contributed by atoms with Crippen LogP contribution in [0.2, 0.25) is 0 Å². The lowest BCUT2D eigenvalue weighted by Crippen LogP contribution is -2.31. The van der Waals surface area contributed by atoms with Gasteiger partial charge in [0.25, 0.3) is 0 Å². The number of imide groups is 1. The molecule has 1 saturated heterocycles. The van der Waals surface area contributed by atoms with Crippen molar-refractivity contribution in [1.82, 2.24) is 0 Å². The van der Waals surface area contributed by atoms with Gasteiger partial charge in [0, 0.05) is 5.56 Å². The fourth-order valence-corrected chi connectivity index (χ4v) is 4.93. The van der Waals surface area contributed by atoms with Crippen LogP contribution in [0.4, 0.5) is 5.69 Å². The minimum Gasteiger partial charge on any atom is -0.454 e. The quantitative estimate of drug-likeness (QED) is 0.213. The number of amides is 2. The number of carbonyl (C=O) groups is 4. The summed E-state index contributed by atoms with van der Waals surface area (Å²) < 4.78 is 5.21. The molecule has 0 aromatic heterocycles. The minimum atomic E-state index is -0.652. The van der Waals surface area contributed by atoms with Gasteiger partial charge in [-0.2, -0.15) is 0 Å². The number of allylic oxidation sites excluding steroid dienone is 2. The zero-order valence-corrected chi connectivity index (χ0v) is 19.8. The van der Waals surface area contributed by atoms with Crippen LogP contribution in [-0.2, 0) is 14.3 Å². The third-order valence-electron chi connectivity index (χ3n) is 6.88. The monoisotopic (exact) mass is 479 g/mol. The molecular formula is C30H25NO5. The molecule has 3 aromatic carbocycles. The van der Waals surface area contributed by atoms with E-state index in [1.54, 1.807) is 24.3 Å². The van der Waals surface area contributed by atoms with Crippen molar-refractivity contribution in [1.29, 1.82) is 0 Å². The number of hydrogen-bond acceptors (Lipinski definition) is 5.